The third kappa shape index (κ3) is 3.12. The number of H-pyrrole nitrogens is 1. The Bertz CT molecular complexity index is 821. The number of piperidine rings is 1. The molecule has 2 aliphatic rings. The van der Waals surface area contributed by atoms with Gasteiger partial charge in [-0.2, -0.15) is 0 Å². The molecule has 3 heterocycles. The van der Waals surface area contributed by atoms with Gasteiger partial charge in [-0.3, -0.25) is 9.69 Å². The Hall–Kier alpha value is -1.92. The predicted octanol–water partition coefficient (Wildman–Crippen LogP) is 1.87. The average molecular weight is 355 g/mol. The van der Waals surface area contributed by atoms with Gasteiger partial charge in [0, 0.05) is 6.54 Å². The molecule has 2 aliphatic heterocycles. The van der Waals surface area contributed by atoms with Crippen molar-refractivity contribution < 1.29 is 4.79 Å². The van der Waals surface area contributed by atoms with E-state index in [2.05, 4.69) is 58.5 Å². The fraction of sp³-hybridized carbons (Fsp3) is 0.600. The van der Waals surface area contributed by atoms with Crippen molar-refractivity contribution in [3.8, 4) is 0 Å². The lowest BCUT2D eigenvalue weighted by atomic mass is 9.77. The molecule has 6 heteroatoms. The number of nitrogens with one attached hydrogen (secondary N) is 3. The Kier molecular flexibility index (Phi) is 4.49. The van der Waals surface area contributed by atoms with Crippen LogP contribution in [0.2, 0.25) is 0 Å². The summed E-state index contributed by atoms with van der Waals surface area (Å²) in [5.74, 6) is 0.940. The number of benzene rings is 1. The molecule has 0 bridgehead atoms. The number of imidazole rings is 1. The third-order valence-electron chi connectivity index (χ3n) is 6.37. The van der Waals surface area contributed by atoms with Crippen LogP contribution in [0.25, 0.3) is 11.0 Å². The van der Waals surface area contributed by atoms with Crippen LogP contribution in [0.4, 0.5) is 0 Å². The number of carbonyl (C=O) groups excluding carboxylic acids is 1. The van der Waals surface area contributed by atoms with Crippen molar-refractivity contribution in [2.24, 2.45) is 5.41 Å². The Labute approximate surface area is 154 Å². The number of hydrogen-bond donors (Lipinski definition) is 3. The predicted molar refractivity (Wildman–Crippen MR) is 103 cm³/mol. The van der Waals surface area contributed by atoms with E-state index in [1.54, 1.807) is 0 Å². The maximum absolute atomic E-state index is 12.8. The van der Waals surface area contributed by atoms with Gasteiger partial charge in [0.1, 0.15) is 5.82 Å². The number of likely N-dealkylation sites (tertiary alicyclic amines) is 1. The fourth-order valence-corrected chi connectivity index (χ4v) is 4.62. The standard InChI is InChI=1S/C20H29N5O/c1-13-4-5-15-18(14(13)2)24-17(23-15)11-22-19(26)16-10-20(12-25(16)3)6-8-21-9-7-20/h4-5,16,21H,6-12H2,1-3H3,(H,22,26)(H,23,24)/t16-/m0/s1. The number of aromatic nitrogens is 2. The monoisotopic (exact) mass is 355 g/mol. The number of carbonyl (C=O) groups is 1. The summed E-state index contributed by atoms with van der Waals surface area (Å²) < 4.78 is 0. The Morgan fingerprint density at radius 3 is 2.88 bits per heavy atom. The van der Waals surface area contributed by atoms with Crippen LogP contribution in [0.15, 0.2) is 12.1 Å². The lowest BCUT2D eigenvalue weighted by Crippen LogP contribution is -2.41. The SMILES string of the molecule is Cc1ccc2[nH]c(CNC(=O)[C@@H]3CC4(CCNCC4)CN3C)nc2c1C. The molecule has 1 aromatic heterocycles. The number of rotatable bonds is 3. The summed E-state index contributed by atoms with van der Waals surface area (Å²) in [6.07, 6.45) is 3.31. The molecule has 1 atom stereocenters. The van der Waals surface area contributed by atoms with Gasteiger partial charge < -0.3 is 15.6 Å². The molecule has 0 unspecified atom stereocenters. The molecular weight excluding hydrogens is 326 g/mol. The topological polar surface area (TPSA) is 73.1 Å². The summed E-state index contributed by atoms with van der Waals surface area (Å²) in [6.45, 7) is 7.80. The summed E-state index contributed by atoms with van der Waals surface area (Å²) >= 11 is 0. The van der Waals surface area contributed by atoms with Gasteiger partial charge in [-0.1, -0.05) is 6.07 Å². The molecule has 3 N–H and O–H groups in total. The number of aromatic amines is 1. The lowest BCUT2D eigenvalue weighted by molar-refractivity contribution is -0.125. The molecule has 0 aliphatic carbocycles. The summed E-state index contributed by atoms with van der Waals surface area (Å²) in [7, 11) is 2.08. The second-order valence-corrected chi connectivity index (χ2v) is 8.19. The van der Waals surface area contributed by atoms with Crippen LogP contribution in [-0.2, 0) is 11.3 Å². The van der Waals surface area contributed by atoms with E-state index in [1.165, 1.54) is 24.0 Å². The maximum Gasteiger partial charge on any atom is 0.237 e. The number of fused-ring (bicyclic) bond motifs is 1. The van der Waals surface area contributed by atoms with Gasteiger partial charge in [0.2, 0.25) is 5.91 Å². The highest BCUT2D eigenvalue weighted by Crippen LogP contribution is 2.41. The average Bonchev–Trinajstić information content (AvgIpc) is 3.18. The highest BCUT2D eigenvalue weighted by molar-refractivity contribution is 5.82. The minimum Gasteiger partial charge on any atom is -0.348 e. The third-order valence-corrected chi connectivity index (χ3v) is 6.37. The zero-order chi connectivity index (χ0) is 18.3. The van der Waals surface area contributed by atoms with Crippen molar-refractivity contribution >= 4 is 16.9 Å². The van der Waals surface area contributed by atoms with Crippen molar-refractivity contribution in [2.45, 2.75) is 45.7 Å². The summed E-state index contributed by atoms with van der Waals surface area (Å²) in [6, 6.07) is 4.13. The molecule has 1 spiro atoms. The Balaban J connectivity index is 1.42. The molecule has 1 amide bonds. The van der Waals surface area contributed by atoms with Crippen molar-refractivity contribution in [3.05, 3.63) is 29.1 Å². The Morgan fingerprint density at radius 2 is 2.12 bits per heavy atom. The first-order valence-electron chi connectivity index (χ1n) is 9.61. The first kappa shape index (κ1) is 17.5. The van der Waals surface area contributed by atoms with Crippen LogP contribution in [0, 0.1) is 19.3 Å². The number of hydrogen-bond acceptors (Lipinski definition) is 4. The van der Waals surface area contributed by atoms with Crippen LogP contribution in [-0.4, -0.2) is 53.5 Å². The molecular formula is C20H29N5O. The van der Waals surface area contributed by atoms with Crippen molar-refractivity contribution in [1.29, 1.82) is 0 Å². The second kappa shape index (κ2) is 6.67. The van der Waals surface area contributed by atoms with Crippen molar-refractivity contribution in [1.82, 2.24) is 25.5 Å². The van der Waals surface area contributed by atoms with E-state index in [4.69, 9.17) is 0 Å². The minimum absolute atomic E-state index is 0.0264. The van der Waals surface area contributed by atoms with Crippen molar-refractivity contribution in [3.63, 3.8) is 0 Å². The fourth-order valence-electron chi connectivity index (χ4n) is 4.62. The van der Waals surface area contributed by atoms with E-state index in [0.29, 0.717) is 12.0 Å². The van der Waals surface area contributed by atoms with Gasteiger partial charge in [-0.15, -0.1) is 0 Å². The molecule has 2 fully saturated rings. The smallest absolute Gasteiger partial charge is 0.237 e. The molecule has 2 saturated heterocycles. The van der Waals surface area contributed by atoms with Crippen molar-refractivity contribution in [2.75, 3.05) is 26.7 Å². The van der Waals surface area contributed by atoms with Crippen LogP contribution in [0.3, 0.4) is 0 Å². The van der Waals surface area contributed by atoms with Crippen LogP contribution >= 0.6 is 0 Å². The lowest BCUT2D eigenvalue weighted by Gasteiger charge is -2.33. The first-order chi connectivity index (χ1) is 12.5. The van der Waals surface area contributed by atoms with Gasteiger partial charge in [0.15, 0.2) is 0 Å². The summed E-state index contributed by atoms with van der Waals surface area (Å²) in [5, 5.41) is 6.53. The molecule has 0 saturated carbocycles. The minimum atomic E-state index is -0.0264. The summed E-state index contributed by atoms with van der Waals surface area (Å²) in [5.41, 5.74) is 4.78. The van der Waals surface area contributed by atoms with Crippen LogP contribution in [0.1, 0.15) is 36.2 Å². The van der Waals surface area contributed by atoms with Gasteiger partial charge in [-0.05, 0) is 75.9 Å². The zero-order valence-electron chi connectivity index (χ0n) is 16.0. The number of likely N-dealkylation sites (N-methyl/N-ethyl adjacent to an activating group) is 1. The highest BCUT2D eigenvalue weighted by atomic mass is 16.2. The second-order valence-electron chi connectivity index (χ2n) is 8.19. The maximum atomic E-state index is 12.8. The zero-order valence-corrected chi connectivity index (χ0v) is 16.0. The normalized spacial score (nSPS) is 23.0. The van der Waals surface area contributed by atoms with Crippen LogP contribution < -0.4 is 10.6 Å². The molecule has 6 nitrogen and oxygen atoms in total. The van der Waals surface area contributed by atoms with E-state index >= 15 is 0 Å². The number of aryl methyl sites for hydroxylation is 2. The van der Waals surface area contributed by atoms with E-state index in [0.717, 1.165) is 42.9 Å². The van der Waals surface area contributed by atoms with E-state index in [9.17, 15) is 4.79 Å². The van der Waals surface area contributed by atoms with Gasteiger partial charge >= 0.3 is 0 Å². The van der Waals surface area contributed by atoms with Gasteiger partial charge in [0.25, 0.3) is 0 Å². The highest BCUT2D eigenvalue weighted by Gasteiger charge is 2.45. The quantitative estimate of drug-likeness (QED) is 0.786. The molecule has 26 heavy (non-hydrogen) atoms. The molecule has 2 aromatic rings. The molecule has 0 radical (unpaired) electrons. The largest absolute Gasteiger partial charge is 0.348 e. The van der Waals surface area contributed by atoms with E-state index in [1.807, 2.05) is 0 Å². The summed E-state index contributed by atoms with van der Waals surface area (Å²) in [4.78, 5) is 23.0. The van der Waals surface area contributed by atoms with Gasteiger partial charge in [-0.25, -0.2) is 4.98 Å². The Morgan fingerprint density at radius 1 is 1.35 bits per heavy atom. The number of nitrogens with zero attached hydrogens (tertiary/aromatic N) is 2. The molecule has 4 rings (SSSR count). The first-order valence-corrected chi connectivity index (χ1v) is 9.61. The van der Waals surface area contributed by atoms with Crippen LogP contribution in [0.5, 0.6) is 0 Å². The van der Waals surface area contributed by atoms with E-state index < -0.39 is 0 Å². The van der Waals surface area contributed by atoms with Gasteiger partial charge in [0.05, 0.1) is 23.6 Å². The molecule has 1 aromatic carbocycles. The molecule has 140 valence electrons. The number of amides is 1. The van der Waals surface area contributed by atoms with E-state index in [-0.39, 0.29) is 11.9 Å².